The predicted molar refractivity (Wildman–Crippen MR) is 131 cm³/mol. The van der Waals surface area contributed by atoms with Gasteiger partial charge in [0.05, 0.1) is 23.0 Å². The molecule has 4 rings (SSSR count). The third-order valence-electron chi connectivity index (χ3n) is 5.91. The van der Waals surface area contributed by atoms with Crippen molar-refractivity contribution in [3.8, 4) is 12.1 Å². The molecule has 0 aliphatic carbocycles. The second kappa shape index (κ2) is 12.6. The third-order valence-corrected chi connectivity index (χ3v) is 6.88. The minimum Gasteiger partial charge on any atom is -0.369 e. The molecule has 1 amide bonds. The number of halogens is 3. The third kappa shape index (κ3) is 6.10. The number of carbonyl (C=O) groups excluding carboxylic acids is 1. The first-order valence-corrected chi connectivity index (χ1v) is 10.9. The van der Waals surface area contributed by atoms with Crippen molar-refractivity contribution in [1.29, 1.82) is 10.5 Å². The summed E-state index contributed by atoms with van der Waals surface area (Å²) in [4.78, 5) is 19.3. The summed E-state index contributed by atoms with van der Waals surface area (Å²) in [6, 6.07) is 10.0. The first-order valence-electron chi connectivity index (χ1n) is 9.73. The molecule has 2 atom stereocenters. The maximum Gasteiger partial charge on any atom is 0.240 e. The minimum absolute atomic E-state index is 0. The van der Waals surface area contributed by atoms with Crippen LogP contribution in [-0.2, 0) is 4.79 Å². The molecule has 1 aromatic carbocycles. The molecule has 1 aromatic rings. The lowest BCUT2D eigenvalue weighted by Gasteiger charge is -2.39. The highest BCUT2D eigenvalue weighted by Gasteiger charge is 2.36. The lowest BCUT2D eigenvalue weighted by Crippen LogP contribution is -2.51. The van der Waals surface area contributed by atoms with Gasteiger partial charge < -0.3 is 15.1 Å². The first-order chi connectivity index (χ1) is 13.7. The standard InChI is InChI=1S/C20H24N6OS.3ClH/c21-11-15-1-2-17(9-16(15)12-22)24-3-5-25(6-4-24)18-10-19(23-13-18)20(27)26-7-8-28-14-26;;;/h1-2,9,18-19,23H,3-8,10,13-14H2;3*1H/t18-,19-;;;/m0.../s1. The molecule has 170 valence electrons. The van der Waals surface area contributed by atoms with Gasteiger partial charge in [0.25, 0.3) is 0 Å². The molecule has 3 heterocycles. The van der Waals surface area contributed by atoms with E-state index in [0.717, 1.165) is 63.0 Å². The smallest absolute Gasteiger partial charge is 0.240 e. The van der Waals surface area contributed by atoms with Crippen molar-refractivity contribution in [2.24, 2.45) is 0 Å². The van der Waals surface area contributed by atoms with E-state index in [1.165, 1.54) is 0 Å². The molecule has 0 saturated carbocycles. The average Bonchev–Trinajstić information content (AvgIpc) is 3.45. The molecule has 3 fully saturated rings. The van der Waals surface area contributed by atoms with Crippen LogP contribution in [0.4, 0.5) is 5.69 Å². The summed E-state index contributed by atoms with van der Waals surface area (Å²) in [6.45, 7) is 5.39. The molecule has 11 heteroatoms. The Bertz CT molecular complexity index is 831. The molecule has 7 nitrogen and oxygen atoms in total. The summed E-state index contributed by atoms with van der Waals surface area (Å²) >= 11 is 1.82. The van der Waals surface area contributed by atoms with Crippen LogP contribution in [0.1, 0.15) is 17.5 Å². The summed E-state index contributed by atoms with van der Waals surface area (Å²) in [7, 11) is 0. The highest BCUT2D eigenvalue weighted by atomic mass is 35.5. The van der Waals surface area contributed by atoms with E-state index < -0.39 is 0 Å². The second-order valence-electron chi connectivity index (χ2n) is 7.47. The number of anilines is 1. The number of nitrogens with one attached hydrogen (secondary N) is 1. The van der Waals surface area contributed by atoms with Crippen molar-refractivity contribution in [1.82, 2.24) is 15.1 Å². The van der Waals surface area contributed by atoms with Crippen molar-refractivity contribution >= 4 is 60.6 Å². The summed E-state index contributed by atoms with van der Waals surface area (Å²) in [5.41, 5.74) is 1.86. The highest BCUT2D eigenvalue weighted by molar-refractivity contribution is 7.99. The van der Waals surface area contributed by atoms with Crippen LogP contribution in [0.15, 0.2) is 18.2 Å². The Hall–Kier alpha value is -1.39. The molecule has 0 aromatic heterocycles. The number of rotatable bonds is 3. The molecule has 3 aliphatic heterocycles. The molecule has 31 heavy (non-hydrogen) atoms. The quantitative estimate of drug-likeness (QED) is 0.673. The van der Waals surface area contributed by atoms with Gasteiger partial charge in [-0.15, -0.1) is 49.0 Å². The Morgan fingerprint density at radius 1 is 1.03 bits per heavy atom. The Morgan fingerprint density at radius 3 is 2.35 bits per heavy atom. The van der Waals surface area contributed by atoms with E-state index in [4.69, 9.17) is 5.26 Å². The van der Waals surface area contributed by atoms with Crippen molar-refractivity contribution < 1.29 is 4.79 Å². The highest BCUT2D eigenvalue weighted by Crippen LogP contribution is 2.24. The summed E-state index contributed by atoms with van der Waals surface area (Å²) in [5, 5.41) is 21.7. The van der Waals surface area contributed by atoms with Crippen LogP contribution < -0.4 is 10.2 Å². The van der Waals surface area contributed by atoms with Gasteiger partial charge in [-0.05, 0) is 24.6 Å². The maximum atomic E-state index is 12.6. The van der Waals surface area contributed by atoms with Crippen LogP contribution in [0.3, 0.4) is 0 Å². The number of amides is 1. The van der Waals surface area contributed by atoms with Crippen molar-refractivity contribution in [2.75, 3.05) is 55.8 Å². The van der Waals surface area contributed by atoms with Gasteiger partial charge in [-0.1, -0.05) is 0 Å². The number of hydrogen-bond donors (Lipinski definition) is 1. The van der Waals surface area contributed by atoms with Crippen molar-refractivity contribution in [3.05, 3.63) is 29.3 Å². The summed E-state index contributed by atoms with van der Waals surface area (Å²) in [5.74, 6) is 2.13. The topological polar surface area (TPSA) is 86.4 Å². The molecular formula is C20H27Cl3N6OS. The fourth-order valence-electron chi connectivity index (χ4n) is 4.26. The van der Waals surface area contributed by atoms with Crippen LogP contribution in [0.25, 0.3) is 0 Å². The normalized spacial score (nSPS) is 23.0. The number of thioether (sulfide) groups is 1. The van der Waals surface area contributed by atoms with E-state index in [1.807, 2.05) is 28.8 Å². The number of benzene rings is 1. The van der Waals surface area contributed by atoms with Crippen LogP contribution in [-0.4, -0.2) is 78.7 Å². The molecule has 0 radical (unpaired) electrons. The zero-order valence-electron chi connectivity index (χ0n) is 17.0. The average molecular weight is 506 g/mol. The zero-order valence-corrected chi connectivity index (χ0v) is 20.3. The minimum atomic E-state index is -0.0431. The fourth-order valence-corrected chi connectivity index (χ4v) is 5.21. The van der Waals surface area contributed by atoms with Crippen LogP contribution in [0.2, 0.25) is 0 Å². The summed E-state index contributed by atoms with van der Waals surface area (Å²) < 4.78 is 0. The van der Waals surface area contributed by atoms with Gasteiger partial charge in [-0.3, -0.25) is 9.69 Å². The van der Waals surface area contributed by atoms with Crippen molar-refractivity contribution in [3.63, 3.8) is 0 Å². The monoisotopic (exact) mass is 504 g/mol. The van der Waals surface area contributed by atoms with E-state index >= 15 is 0 Å². The van der Waals surface area contributed by atoms with Crippen LogP contribution in [0.5, 0.6) is 0 Å². The van der Waals surface area contributed by atoms with E-state index in [2.05, 4.69) is 27.3 Å². The lowest BCUT2D eigenvalue weighted by molar-refractivity contribution is -0.131. The van der Waals surface area contributed by atoms with Gasteiger partial charge in [0, 0.05) is 56.8 Å². The van der Waals surface area contributed by atoms with E-state index in [0.29, 0.717) is 17.2 Å². The van der Waals surface area contributed by atoms with Gasteiger partial charge in [0.2, 0.25) is 5.91 Å². The van der Waals surface area contributed by atoms with Gasteiger partial charge in [-0.2, -0.15) is 10.5 Å². The van der Waals surface area contributed by atoms with E-state index in [-0.39, 0.29) is 49.2 Å². The van der Waals surface area contributed by atoms with Crippen LogP contribution in [0, 0.1) is 22.7 Å². The SMILES string of the molecule is Cl.Cl.Cl.N#Cc1ccc(N2CCN([C@@H]3CN[C@H](C(=O)N4CCSC4)C3)CC2)cc1C#N. The van der Waals surface area contributed by atoms with Gasteiger partial charge in [-0.25, -0.2) is 0 Å². The van der Waals surface area contributed by atoms with Crippen LogP contribution >= 0.6 is 49.0 Å². The number of nitriles is 2. The molecule has 0 bridgehead atoms. The second-order valence-corrected chi connectivity index (χ2v) is 8.54. The van der Waals surface area contributed by atoms with Gasteiger partial charge >= 0.3 is 0 Å². The van der Waals surface area contributed by atoms with E-state index in [9.17, 15) is 10.1 Å². The summed E-state index contributed by atoms with van der Waals surface area (Å²) in [6.07, 6.45) is 0.884. The number of hydrogen-bond acceptors (Lipinski definition) is 7. The molecule has 0 unspecified atom stereocenters. The Labute approximate surface area is 206 Å². The Kier molecular flexibility index (Phi) is 11.2. The first kappa shape index (κ1) is 27.6. The molecule has 3 aliphatic rings. The number of nitrogens with zero attached hydrogens (tertiary/aromatic N) is 5. The molecule has 0 spiro atoms. The van der Waals surface area contributed by atoms with E-state index in [1.54, 1.807) is 6.07 Å². The largest absolute Gasteiger partial charge is 0.369 e. The number of carbonyl (C=O) groups is 1. The Morgan fingerprint density at radius 2 is 1.74 bits per heavy atom. The zero-order chi connectivity index (χ0) is 19.5. The van der Waals surface area contributed by atoms with Gasteiger partial charge in [0.1, 0.15) is 12.1 Å². The molecular weight excluding hydrogens is 479 g/mol. The fraction of sp³-hybridized carbons (Fsp3) is 0.550. The Balaban J connectivity index is 0.00000160. The maximum absolute atomic E-state index is 12.6. The van der Waals surface area contributed by atoms with Crippen molar-refractivity contribution in [2.45, 2.75) is 18.5 Å². The predicted octanol–water partition coefficient (Wildman–Crippen LogP) is 2.08. The molecule has 3 saturated heterocycles. The number of piperazine rings is 1. The van der Waals surface area contributed by atoms with Gasteiger partial charge in [0.15, 0.2) is 0 Å². The lowest BCUT2D eigenvalue weighted by atomic mass is 10.1. The molecule has 1 N–H and O–H groups in total.